The molecule has 0 aliphatic carbocycles. The van der Waals surface area contributed by atoms with Gasteiger partial charge in [-0.05, 0) is 11.6 Å². The minimum absolute atomic E-state index is 0. The first-order valence-electron chi connectivity index (χ1n) is 4.61. The Morgan fingerprint density at radius 3 is 2.71 bits per heavy atom. The van der Waals surface area contributed by atoms with Crippen molar-refractivity contribution < 1.29 is 39.5 Å². The van der Waals surface area contributed by atoms with E-state index in [2.05, 4.69) is 5.32 Å². The standard InChI is InChI=1S/C11H9N3O2.Na/c12-5-7-9(11(15)16)6-3-1-2-4-8(6)14-10(7)13;/h1-4,9,14H,13H2,(H,15,16);/q;+1/p-1. The Labute approximate surface area is 120 Å². The van der Waals surface area contributed by atoms with Crippen LogP contribution in [0.4, 0.5) is 5.69 Å². The van der Waals surface area contributed by atoms with E-state index >= 15 is 0 Å². The van der Waals surface area contributed by atoms with Gasteiger partial charge in [0.25, 0.3) is 0 Å². The van der Waals surface area contributed by atoms with E-state index in [1.807, 2.05) is 0 Å². The number of nitrogens with zero attached hydrogens (tertiary/aromatic N) is 1. The molecule has 1 heterocycles. The molecule has 0 fully saturated rings. The molecule has 0 saturated heterocycles. The third-order valence-electron chi connectivity index (χ3n) is 2.48. The summed E-state index contributed by atoms with van der Waals surface area (Å²) in [5, 5.41) is 22.7. The number of carbonyl (C=O) groups is 1. The average molecular weight is 237 g/mol. The molecule has 3 N–H and O–H groups in total. The fourth-order valence-electron chi connectivity index (χ4n) is 1.76. The van der Waals surface area contributed by atoms with Crippen LogP contribution in [0.1, 0.15) is 11.5 Å². The zero-order valence-electron chi connectivity index (χ0n) is 9.23. The Hall–Kier alpha value is -1.48. The summed E-state index contributed by atoms with van der Waals surface area (Å²) in [5.74, 6) is -2.36. The Balaban J connectivity index is 0.00000144. The van der Waals surface area contributed by atoms with Crippen molar-refractivity contribution in [1.29, 1.82) is 5.26 Å². The molecule has 1 aliphatic heterocycles. The molecule has 2 rings (SSSR count). The maximum absolute atomic E-state index is 11.1. The van der Waals surface area contributed by atoms with E-state index in [9.17, 15) is 9.90 Å². The molecule has 17 heavy (non-hydrogen) atoms. The normalized spacial score (nSPS) is 17.2. The van der Waals surface area contributed by atoms with Gasteiger partial charge in [-0.3, -0.25) is 0 Å². The number of carboxylic acids is 1. The van der Waals surface area contributed by atoms with E-state index in [4.69, 9.17) is 11.0 Å². The van der Waals surface area contributed by atoms with Crippen molar-refractivity contribution in [3.05, 3.63) is 41.2 Å². The third kappa shape index (κ3) is 2.29. The summed E-state index contributed by atoms with van der Waals surface area (Å²) in [6.07, 6.45) is 0. The number of benzene rings is 1. The molecule has 1 aromatic carbocycles. The second kappa shape index (κ2) is 5.23. The topological polar surface area (TPSA) is 102 Å². The first-order chi connectivity index (χ1) is 7.65. The van der Waals surface area contributed by atoms with Crippen LogP contribution in [0.15, 0.2) is 35.7 Å². The summed E-state index contributed by atoms with van der Waals surface area (Å²) in [6, 6.07) is 8.58. The fraction of sp³-hybridized carbons (Fsp3) is 0.0909. The van der Waals surface area contributed by atoms with E-state index in [0.717, 1.165) is 0 Å². The molecule has 1 aliphatic rings. The smallest absolute Gasteiger partial charge is 0.549 e. The Morgan fingerprint density at radius 1 is 1.47 bits per heavy atom. The van der Waals surface area contributed by atoms with Crippen LogP contribution in [0.2, 0.25) is 0 Å². The number of fused-ring (bicyclic) bond motifs is 1. The molecule has 1 aromatic rings. The number of carboxylic acid groups (broad SMARTS) is 1. The fourth-order valence-corrected chi connectivity index (χ4v) is 1.76. The molecule has 0 spiro atoms. The van der Waals surface area contributed by atoms with Gasteiger partial charge in [0, 0.05) is 5.69 Å². The summed E-state index contributed by atoms with van der Waals surface area (Å²) >= 11 is 0. The zero-order valence-corrected chi connectivity index (χ0v) is 11.2. The van der Waals surface area contributed by atoms with Crippen molar-refractivity contribution in [2.45, 2.75) is 5.92 Å². The molecule has 80 valence electrons. The summed E-state index contributed by atoms with van der Waals surface area (Å²) in [6.45, 7) is 0. The van der Waals surface area contributed by atoms with Crippen LogP contribution in [-0.4, -0.2) is 5.97 Å². The largest absolute Gasteiger partial charge is 1.00 e. The van der Waals surface area contributed by atoms with Crippen molar-refractivity contribution in [1.82, 2.24) is 0 Å². The quantitative estimate of drug-likeness (QED) is 0.497. The monoisotopic (exact) mass is 237 g/mol. The summed E-state index contributed by atoms with van der Waals surface area (Å²) in [5.41, 5.74) is 6.66. The molecule has 1 unspecified atom stereocenters. The molecule has 0 saturated carbocycles. The van der Waals surface area contributed by atoms with Gasteiger partial charge in [-0.15, -0.1) is 0 Å². The second-order valence-corrected chi connectivity index (χ2v) is 3.40. The Bertz CT molecular complexity index is 534. The van der Waals surface area contributed by atoms with Crippen molar-refractivity contribution >= 4 is 11.7 Å². The minimum Gasteiger partial charge on any atom is -0.549 e. The number of nitrogens with one attached hydrogen (secondary N) is 1. The van der Waals surface area contributed by atoms with Gasteiger partial charge >= 0.3 is 29.6 Å². The van der Waals surface area contributed by atoms with Gasteiger partial charge in [0.2, 0.25) is 0 Å². The van der Waals surface area contributed by atoms with E-state index < -0.39 is 11.9 Å². The zero-order chi connectivity index (χ0) is 11.7. The second-order valence-electron chi connectivity index (χ2n) is 3.40. The molecule has 6 heteroatoms. The van der Waals surface area contributed by atoms with E-state index in [1.54, 1.807) is 30.3 Å². The number of hydrogen-bond donors (Lipinski definition) is 2. The van der Waals surface area contributed by atoms with Crippen LogP contribution in [0.25, 0.3) is 0 Å². The molecule has 0 aromatic heterocycles. The van der Waals surface area contributed by atoms with Crippen LogP contribution in [0, 0.1) is 11.3 Å². The predicted octanol–water partition coefficient (Wildman–Crippen LogP) is -3.36. The molecule has 5 nitrogen and oxygen atoms in total. The summed E-state index contributed by atoms with van der Waals surface area (Å²) in [4.78, 5) is 11.1. The van der Waals surface area contributed by atoms with Gasteiger partial charge in [-0.1, -0.05) is 18.2 Å². The number of rotatable bonds is 1. The van der Waals surface area contributed by atoms with Gasteiger partial charge in [-0.25, -0.2) is 0 Å². The molecular formula is C11H8N3NaO2. The number of nitrogens with two attached hydrogens (primary N) is 1. The number of carbonyl (C=O) groups excluding carboxylic acids is 1. The van der Waals surface area contributed by atoms with Gasteiger partial charge in [0.05, 0.1) is 23.5 Å². The summed E-state index contributed by atoms with van der Waals surface area (Å²) < 4.78 is 0. The molecule has 0 bridgehead atoms. The average Bonchev–Trinajstić information content (AvgIpc) is 2.26. The van der Waals surface area contributed by atoms with Crippen LogP contribution < -0.4 is 45.7 Å². The van der Waals surface area contributed by atoms with Crippen LogP contribution in [0.5, 0.6) is 0 Å². The SMILES string of the molecule is N#CC1=C(N)Nc2ccccc2C1C(=O)[O-].[Na+]. The number of hydrogen-bond acceptors (Lipinski definition) is 5. The molecule has 0 radical (unpaired) electrons. The minimum atomic E-state index is -1.33. The van der Waals surface area contributed by atoms with Crippen molar-refractivity contribution in [2.24, 2.45) is 5.73 Å². The number of aliphatic carboxylic acids is 1. The van der Waals surface area contributed by atoms with Crippen molar-refractivity contribution in [2.75, 3.05) is 5.32 Å². The first kappa shape index (κ1) is 13.6. The maximum Gasteiger partial charge on any atom is 1.00 e. The maximum atomic E-state index is 11.1. The Morgan fingerprint density at radius 2 is 2.12 bits per heavy atom. The van der Waals surface area contributed by atoms with E-state index in [-0.39, 0.29) is 41.0 Å². The van der Waals surface area contributed by atoms with Gasteiger partial charge in [-0.2, -0.15) is 5.26 Å². The van der Waals surface area contributed by atoms with Crippen LogP contribution in [-0.2, 0) is 4.79 Å². The van der Waals surface area contributed by atoms with Gasteiger partial charge in [0.1, 0.15) is 5.82 Å². The van der Waals surface area contributed by atoms with E-state index in [0.29, 0.717) is 11.3 Å². The number of para-hydroxylation sites is 1. The molecule has 1 atom stereocenters. The molecule has 0 amide bonds. The van der Waals surface area contributed by atoms with Crippen LogP contribution in [0.3, 0.4) is 0 Å². The Kier molecular flexibility index (Phi) is 4.18. The van der Waals surface area contributed by atoms with Gasteiger partial charge in [0.15, 0.2) is 0 Å². The van der Waals surface area contributed by atoms with Crippen LogP contribution >= 0.6 is 0 Å². The first-order valence-corrected chi connectivity index (χ1v) is 4.61. The van der Waals surface area contributed by atoms with E-state index in [1.165, 1.54) is 0 Å². The predicted molar refractivity (Wildman–Crippen MR) is 54.6 cm³/mol. The van der Waals surface area contributed by atoms with Gasteiger partial charge < -0.3 is 21.0 Å². The third-order valence-corrected chi connectivity index (χ3v) is 2.48. The molecular weight excluding hydrogens is 229 g/mol. The number of nitriles is 1. The number of anilines is 1. The van der Waals surface area contributed by atoms with Crippen molar-refractivity contribution in [3.8, 4) is 6.07 Å². The van der Waals surface area contributed by atoms with Crippen molar-refractivity contribution in [3.63, 3.8) is 0 Å². The summed E-state index contributed by atoms with van der Waals surface area (Å²) in [7, 11) is 0.